The summed E-state index contributed by atoms with van der Waals surface area (Å²) in [7, 11) is 1.83. The SMILES string of the molecule is CO[C@@]1(c2ccnc(C(N)=O)c2)[C@@H]2CCC[C@H]1CN(C1CCC1)C2.Cl. The van der Waals surface area contributed by atoms with Gasteiger partial charge in [-0.05, 0) is 43.4 Å². The molecule has 1 aromatic rings. The fourth-order valence-corrected chi connectivity index (χ4v) is 5.25. The van der Waals surface area contributed by atoms with Crippen LogP contribution in [0.5, 0.6) is 0 Å². The van der Waals surface area contributed by atoms with Gasteiger partial charge in [0.1, 0.15) is 11.3 Å². The fourth-order valence-electron chi connectivity index (χ4n) is 5.25. The highest BCUT2D eigenvalue weighted by molar-refractivity contribution is 5.90. The molecule has 6 heteroatoms. The number of rotatable bonds is 4. The number of primary amides is 1. The molecule has 1 aromatic heterocycles. The summed E-state index contributed by atoms with van der Waals surface area (Å²) in [5.41, 5.74) is 6.57. The third-order valence-corrected chi connectivity index (χ3v) is 6.62. The maximum Gasteiger partial charge on any atom is 0.267 e. The summed E-state index contributed by atoms with van der Waals surface area (Å²) in [6, 6.07) is 4.65. The van der Waals surface area contributed by atoms with E-state index in [0.717, 1.165) is 24.7 Å². The number of halogens is 1. The number of nitrogens with zero attached hydrogens (tertiary/aromatic N) is 2. The van der Waals surface area contributed by atoms with Crippen LogP contribution in [-0.4, -0.2) is 42.0 Å². The highest BCUT2D eigenvalue weighted by Gasteiger charge is 2.54. The molecule has 3 atom stereocenters. The molecule has 3 aliphatic rings. The number of fused-ring (bicyclic) bond motifs is 2. The van der Waals surface area contributed by atoms with Gasteiger partial charge in [-0.3, -0.25) is 14.7 Å². The summed E-state index contributed by atoms with van der Waals surface area (Å²) in [5, 5.41) is 0. The van der Waals surface area contributed by atoms with Gasteiger partial charge in [0.25, 0.3) is 5.91 Å². The molecule has 0 unspecified atom stereocenters. The number of piperidine rings is 1. The number of aromatic nitrogens is 1. The van der Waals surface area contributed by atoms with Gasteiger partial charge in [0.2, 0.25) is 0 Å². The average Bonchev–Trinajstić information content (AvgIpc) is 2.52. The van der Waals surface area contributed by atoms with Gasteiger partial charge in [-0.15, -0.1) is 12.4 Å². The summed E-state index contributed by atoms with van der Waals surface area (Å²) in [6.45, 7) is 2.20. The van der Waals surface area contributed by atoms with Crippen LogP contribution in [0.15, 0.2) is 18.3 Å². The van der Waals surface area contributed by atoms with Crippen molar-refractivity contribution in [3.8, 4) is 0 Å². The van der Waals surface area contributed by atoms with Crippen molar-refractivity contribution in [1.82, 2.24) is 9.88 Å². The zero-order valence-electron chi connectivity index (χ0n) is 14.8. The molecule has 5 nitrogen and oxygen atoms in total. The van der Waals surface area contributed by atoms with Crippen molar-refractivity contribution in [3.05, 3.63) is 29.6 Å². The summed E-state index contributed by atoms with van der Waals surface area (Å²) in [5.74, 6) is 0.470. The number of likely N-dealkylation sites (tertiary alicyclic amines) is 1. The van der Waals surface area contributed by atoms with Crippen LogP contribution in [0.3, 0.4) is 0 Å². The van der Waals surface area contributed by atoms with E-state index in [2.05, 4.69) is 9.88 Å². The van der Waals surface area contributed by atoms with Gasteiger partial charge in [0.05, 0.1) is 0 Å². The molecule has 2 N–H and O–H groups in total. The van der Waals surface area contributed by atoms with Gasteiger partial charge < -0.3 is 10.5 Å². The van der Waals surface area contributed by atoms with Crippen LogP contribution in [0.1, 0.15) is 54.6 Å². The first-order chi connectivity index (χ1) is 11.6. The number of pyridine rings is 1. The van der Waals surface area contributed by atoms with Crippen LogP contribution in [0.25, 0.3) is 0 Å². The normalized spacial score (nSPS) is 32.5. The zero-order chi connectivity index (χ0) is 16.7. The Morgan fingerprint density at radius 2 is 1.88 bits per heavy atom. The number of hydrogen-bond donors (Lipinski definition) is 1. The summed E-state index contributed by atoms with van der Waals surface area (Å²) in [4.78, 5) is 18.4. The molecule has 2 bridgehead atoms. The largest absolute Gasteiger partial charge is 0.373 e. The maximum atomic E-state index is 11.6. The Morgan fingerprint density at radius 3 is 2.40 bits per heavy atom. The Bertz CT molecular complexity index is 621. The van der Waals surface area contributed by atoms with Crippen molar-refractivity contribution >= 4 is 18.3 Å². The fraction of sp³-hybridized carbons (Fsp3) is 0.684. The van der Waals surface area contributed by atoms with Gasteiger partial charge in [0, 0.05) is 44.3 Å². The Kier molecular flexibility index (Phi) is 5.37. The van der Waals surface area contributed by atoms with Crippen LogP contribution >= 0.6 is 12.4 Å². The molecule has 25 heavy (non-hydrogen) atoms. The Hall–Kier alpha value is -1.17. The second-order valence-electron chi connectivity index (χ2n) is 7.65. The highest BCUT2D eigenvalue weighted by Crippen LogP contribution is 2.52. The Morgan fingerprint density at radius 1 is 1.24 bits per heavy atom. The van der Waals surface area contributed by atoms with Crippen molar-refractivity contribution in [2.45, 2.75) is 50.2 Å². The molecule has 0 radical (unpaired) electrons. The number of carbonyl (C=O) groups is 1. The van der Waals surface area contributed by atoms with Gasteiger partial charge in [-0.25, -0.2) is 0 Å². The number of hydrogen-bond acceptors (Lipinski definition) is 4. The number of nitrogens with two attached hydrogens (primary N) is 1. The van der Waals surface area contributed by atoms with Gasteiger partial charge in [-0.1, -0.05) is 12.8 Å². The third kappa shape index (κ3) is 2.96. The van der Waals surface area contributed by atoms with Crippen LogP contribution in [-0.2, 0) is 10.3 Å². The number of carbonyl (C=O) groups excluding carboxylic acids is 1. The molecule has 4 rings (SSSR count). The first-order valence-corrected chi connectivity index (χ1v) is 9.20. The summed E-state index contributed by atoms with van der Waals surface area (Å²) >= 11 is 0. The van der Waals surface area contributed by atoms with Crippen molar-refractivity contribution in [3.63, 3.8) is 0 Å². The molecule has 138 valence electrons. The summed E-state index contributed by atoms with van der Waals surface area (Å²) in [6.07, 6.45) is 9.40. The molecule has 0 spiro atoms. The second kappa shape index (κ2) is 7.22. The zero-order valence-corrected chi connectivity index (χ0v) is 15.6. The lowest BCUT2D eigenvalue weighted by molar-refractivity contribution is -0.177. The minimum Gasteiger partial charge on any atom is -0.373 e. The third-order valence-electron chi connectivity index (χ3n) is 6.62. The van der Waals surface area contributed by atoms with Crippen molar-refractivity contribution in [2.24, 2.45) is 17.6 Å². The van der Waals surface area contributed by atoms with E-state index >= 15 is 0 Å². The Balaban J connectivity index is 0.00000182. The molecule has 0 aromatic carbocycles. The topological polar surface area (TPSA) is 68.5 Å². The summed E-state index contributed by atoms with van der Waals surface area (Å²) < 4.78 is 6.24. The maximum absolute atomic E-state index is 11.6. The minimum atomic E-state index is -0.472. The molecule has 2 saturated carbocycles. The van der Waals surface area contributed by atoms with E-state index in [4.69, 9.17) is 10.5 Å². The molecule has 2 aliphatic carbocycles. The first-order valence-electron chi connectivity index (χ1n) is 9.20. The number of amides is 1. The quantitative estimate of drug-likeness (QED) is 0.890. The number of ether oxygens (including phenoxy) is 1. The molecule has 1 aliphatic heterocycles. The molecular formula is C19H28ClN3O2. The molecule has 1 saturated heterocycles. The van der Waals surface area contributed by atoms with Crippen molar-refractivity contribution in [2.75, 3.05) is 20.2 Å². The predicted octanol–water partition coefficient (Wildman–Crippen LogP) is 2.73. The lowest BCUT2D eigenvalue weighted by atomic mass is 9.62. The van der Waals surface area contributed by atoms with Gasteiger partial charge >= 0.3 is 0 Å². The molecular weight excluding hydrogens is 338 g/mol. The van der Waals surface area contributed by atoms with Crippen molar-refractivity contribution in [1.29, 1.82) is 0 Å². The van der Waals surface area contributed by atoms with Crippen LogP contribution in [0.4, 0.5) is 0 Å². The van der Waals surface area contributed by atoms with E-state index in [1.165, 1.54) is 38.5 Å². The second-order valence-corrected chi connectivity index (χ2v) is 7.65. The minimum absolute atomic E-state index is 0. The van der Waals surface area contributed by atoms with Gasteiger partial charge in [-0.2, -0.15) is 0 Å². The van der Waals surface area contributed by atoms with E-state index in [9.17, 15) is 4.79 Å². The Labute approximate surface area is 155 Å². The first kappa shape index (κ1) is 18.6. The lowest BCUT2D eigenvalue weighted by Gasteiger charge is -2.57. The van der Waals surface area contributed by atoms with Crippen molar-refractivity contribution < 1.29 is 9.53 Å². The molecule has 1 amide bonds. The standard InChI is InChI=1S/C19H27N3O2.ClH/c1-24-19(13-8-9-21-17(10-13)18(20)23)14-4-2-5-15(19)12-22(11-14)16-6-3-7-16;/h8-10,14-16H,2-7,11-12H2,1H3,(H2,20,23);1H/t14-,15+,19+;. The van der Waals surface area contributed by atoms with Crippen LogP contribution in [0.2, 0.25) is 0 Å². The monoisotopic (exact) mass is 365 g/mol. The van der Waals surface area contributed by atoms with E-state index in [0.29, 0.717) is 17.5 Å². The average molecular weight is 366 g/mol. The van der Waals surface area contributed by atoms with Crippen LogP contribution < -0.4 is 5.73 Å². The molecule has 3 fully saturated rings. The molecule has 2 heterocycles. The highest BCUT2D eigenvalue weighted by atomic mass is 35.5. The van der Waals surface area contributed by atoms with E-state index in [-0.39, 0.29) is 18.0 Å². The van der Waals surface area contributed by atoms with E-state index in [1.54, 1.807) is 6.20 Å². The van der Waals surface area contributed by atoms with Crippen LogP contribution in [0, 0.1) is 11.8 Å². The number of methoxy groups -OCH3 is 1. The lowest BCUT2D eigenvalue weighted by Crippen LogP contribution is -2.61. The van der Waals surface area contributed by atoms with Gasteiger partial charge in [0.15, 0.2) is 0 Å². The van der Waals surface area contributed by atoms with E-state index in [1.807, 2.05) is 19.2 Å². The smallest absolute Gasteiger partial charge is 0.267 e. The predicted molar refractivity (Wildman–Crippen MR) is 98.7 cm³/mol. The van der Waals surface area contributed by atoms with E-state index < -0.39 is 5.91 Å².